The molecule has 0 radical (unpaired) electrons. The van der Waals surface area contributed by atoms with Gasteiger partial charge in [0, 0.05) is 23.4 Å². The number of carbonyl (C=O) groups is 1. The maximum absolute atomic E-state index is 13.2. The van der Waals surface area contributed by atoms with Crippen molar-refractivity contribution in [1.29, 1.82) is 0 Å². The number of benzene rings is 2. The number of pyridine rings is 1. The van der Waals surface area contributed by atoms with Crippen LogP contribution < -0.4 is 5.56 Å². The predicted octanol–water partition coefficient (Wildman–Crippen LogP) is 5.17. The fourth-order valence-electron chi connectivity index (χ4n) is 2.34. The second kappa shape index (κ2) is 7.00. The number of nitrogens with zero attached hydrogens (tertiary/aromatic N) is 1. The van der Waals surface area contributed by atoms with E-state index >= 15 is 0 Å². The van der Waals surface area contributed by atoms with E-state index in [0.717, 1.165) is 12.1 Å². The predicted molar refractivity (Wildman–Crippen MR) is 96.9 cm³/mol. The molecule has 0 unspecified atom stereocenters. The molecule has 0 aliphatic heterocycles. The molecule has 1 aromatic heterocycles. The highest BCUT2D eigenvalue weighted by Gasteiger charge is 2.16. The van der Waals surface area contributed by atoms with Crippen LogP contribution in [0.4, 0.5) is 4.39 Å². The van der Waals surface area contributed by atoms with Crippen LogP contribution >= 0.6 is 34.8 Å². The van der Waals surface area contributed by atoms with E-state index in [1.165, 1.54) is 29.0 Å². The van der Waals surface area contributed by atoms with Crippen LogP contribution in [0.1, 0.15) is 15.9 Å². The van der Waals surface area contributed by atoms with Gasteiger partial charge in [0.1, 0.15) is 5.82 Å². The molecule has 3 rings (SSSR count). The Kier molecular flexibility index (Phi) is 4.95. The molecule has 3 aromatic rings. The van der Waals surface area contributed by atoms with Crippen molar-refractivity contribution in [3.63, 3.8) is 0 Å². The topological polar surface area (TPSA) is 39.1 Å². The van der Waals surface area contributed by atoms with Gasteiger partial charge in [0.25, 0.3) is 5.56 Å². The number of ketones is 1. The van der Waals surface area contributed by atoms with Gasteiger partial charge in [-0.2, -0.15) is 0 Å². The molecule has 0 N–H and O–H groups in total. The normalized spacial score (nSPS) is 10.7. The molecule has 0 bridgehead atoms. The van der Waals surface area contributed by atoms with E-state index in [-0.39, 0.29) is 31.9 Å². The first kappa shape index (κ1) is 17.7. The van der Waals surface area contributed by atoms with E-state index in [2.05, 4.69) is 0 Å². The third kappa shape index (κ3) is 3.47. The largest absolute Gasteiger partial charge is 0.288 e. The van der Waals surface area contributed by atoms with Gasteiger partial charge in [0.05, 0.1) is 20.8 Å². The number of aromatic nitrogens is 1. The van der Waals surface area contributed by atoms with Crippen molar-refractivity contribution >= 4 is 40.6 Å². The Morgan fingerprint density at radius 3 is 2.24 bits per heavy atom. The van der Waals surface area contributed by atoms with Gasteiger partial charge in [-0.15, -0.1) is 0 Å². The second-order valence-electron chi connectivity index (χ2n) is 5.15. The van der Waals surface area contributed by atoms with Gasteiger partial charge in [0.15, 0.2) is 5.78 Å². The third-order valence-electron chi connectivity index (χ3n) is 3.53. The van der Waals surface area contributed by atoms with Gasteiger partial charge in [-0.05, 0) is 36.4 Å². The van der Waals surface area contributed by atoms with Crippen molar-refractivity contribution in [2.24, 2.45) is 0 Å². The Morgan fingerprint density at radius 1 is 0.920 bits per heavy atom. The average Bonchev–Trinajstić information content (AvgIpc) is 2.56. The van der Waals surface area contributed by atoms with Gasteiger partial charge in [-0.3, -0.25) is 14.2 Å². The molecule has 2 aromatic carbocycles. The highest BCUT2D eigenvalue weighted by Crippen LogP contribution is 2.28. The van der Waals surface area contributed by atoms with Crippen molar-refractivity contribution < 1.29 is 9.18 Å². The molecular formula is C18H9Cl3FNO2. The van der Waals surface area contributed by atoms with E-state index in [9.17, 15) is 14.0 Å². The number of carbonyl (C=O) groups excluding carboxylic acids is 1. The first-order valence-electron chi connectivity index (χ1n) is 7.05. The fourth-order valence-corrected chi connectivity index (χ4v) is 3.18. The lowest BCUT2D eigenvalue weighted by Crippen LogP contribution is -2.19. The smallest absolute Gasteiger partial charge is 0.255 e. The molecule has 3 nitrogen and oxygen atoms in total. The van der Waals surface area contributed by atoms with E-state index in [1.807, 2.05) is 0 Å². The number of halogens is 4. The number of hydrogen-bond donors (Lipinski definition) is 0. The summed E-state index contributed by atoms with van der Waals surface area (Å²) in [6.07, 6.45) is 1.33. The summed E-state index contributed by atoms with van der Waals surface area (Å²) in [5.41, 5.74) is 0.176. The molecule has 0 saturated heterocycles. The lowest BCUT2D eigenvalue weighted by atomic mass is 10.0. The zero-order chi connectivity index (χ0) is 18.1. The van der Waals surface area contributed by atoms with Crippen LogP contribution in [0.15, 0.2) is 59.5 Å². The summed E-state index contributed by atoms with van der Waals surface area (Å²) in [5.74, 6) is -1.00. The van der Waals surface area contributed by atoms with Gasteiger partial charge in [-0.25, -0.2) is 4.39 Å². The van der Waals surface area contributed by atoms with E-state index < -0.39 is 17.2 Å². The van der Waals surface area contributed by atoms with E-state index in [1.54, 1.807) is 18.2 Å². The SMILES string of the molecule is O=C(c1ccc(=O)n(-c2c(Cl)cccc2Cl)c1)c1ccc(F)cc1Cl. The molecule has 0 amide bonds. The molecule has 1 heterocycles. The molecule has 7 heteroatoms. The Balaban J connectivity index is 2.14. The van der Waals surface area contributed by atoms with E-state index in [4.69, 9.17) is 34.8 Å². The van der Waals surface area contributed by atoms with Gasteiger partial charge in [0.2, 0.25) is 0 Å². The Labute approximate surface area is 157 Å². The molecule has 0 spiro atoms. The zero-order valence-corrected chi connectivity index (χ0v) is 14.7. The Bertz CT molecular complexity index is 1030. The molecule has 0 aliphatic rings. The van der Waals surface area contributed by atoms with Crippen LogP contribution in [0.2, 0.25) is 15.1 Å². The van der Waals surface area contributed by atoms with Crippen molar-refractivity contribution in [3.05, 3.63) is 97.1 Å². The summed E-state index contributed by atoms with van der Waals surface area (Å²) in [6, 6.07) is 10.9. The van der Waals surface area contributed by atoms with Crippen LogP contribution in [0.5, 0.6) is 0 Å². The van der Waals surface area contributed by atoms with Crippen LogP contribution in [-0.2, 0) is 0 Å². The molecule has 0 atom stereocenters. The molecule has 126 valence electrons. The van der Waals surface area contributed by atoms with E-state index in [0.29, 0.717) is 0 Å². The third-order valence-corrected chi connectivity index (χ3v) is 4.45. The van der Waals surface area contributed by atoms with Gasteiger partial charge in [-0.1, -0.05) is 40.9 Å². The summed E-state index contributed by atoms with van der Waals surface area (Å²) < 4.78 is 14.4. The number of rotatable bonds is 3. The number of para-hydroxylation sites is 1. The van der Waals surface area contributed by atoms with Crippen LogP contribution in [0.25, 0.3) is 5.69 Å². The zero-order valence-electron chi connectivity index (χ0n) is 12.5. The lowest BCUT2D eigenvalue weighted by molar-refractivity contribution is 0.103. The minimum absolute atomic E-state index is 0.0153. The number of hydrogen-bond acceptors (Lipinski definition) is 2. The summed E-state index contributed by atoms with van der Waals surface area (Å²) >= 11 is 18.2. The Morgan fingerprint density at radius 2 is 1.60 bits per heavy atom. The fraction of sp³-hybridized carbons (Fsp3) is 0. The van der Waals surface area contributed by atoms with Crippen molar-refractivity contribution in [1.82, 2.24) is 4.57 Å². The monoisotopic (exact) mass is 395 g/mol. The maximum Gasteiger partial charge on any atom is 0.255 e. The Hall–Kier alpha value is -2.14. The average molecular weight is 397 g/mol. The first-order chi connectivity index (χ1) is 11.9. The van der Waals surface area contributed by atoms with Crippen LogP contribution in [0.3, 0.4) is 0 Å². The standard InChI is InChI=1S/C18H9Cl3FNO2/c19-13-2-1-3-14(20)17(13)23-9-10(4-7-16(23)24)18(25)12-6-5-11(22)8-15(12)21/h1-9H. The minimum atomic E-state index is -0.547. The van der Waals surface area contributed by atoms with Crippen molar-refractivity contribution in [2.75, 3.05) is 0 Å². The van der Waals surface area contributed by atoms with Gasteiger partial charge >= 0.3 is 0 Å². The van der Waals surface area contributed by atoms with Crippen molar-refractivity contribution in [3.8, 4) is 5.69 Å². The van der Waals surface area contributed by atoms with Crippen molar-refractivity contribution in [2.45, 2.75) is 0 Å². The summed E-state index contributed by atoms with van der Waals surface area (Å²) in [5, 5.41) is 0.511. The molecule has 0 fully saturated rings. The quantitative estimate of drug-likeness (QED) is 0.573. The molecule has 25 heavy (non-hydrogen) atoms. The van der Waals surface area contributed by atoms with Crippen LogP contribution in [-0.4, -0.2) is 10.4 Å². The summed E-state index contributed by atoms with van der Waals surface area (Å²) in [4.78, 5) is 24.9. The molecule has 0 aliphatic carbocycles. The summed E-state index contributed by atoms with van der Waals surface area (Å²) in [7, 11) is 0. The highest BCUT2D eigenvalue weighted by atomic mass is 35.5. The first-order valence-corrected chi connectivity index (χ1v) is 8.18. The summed E-state index contributed by atoms with van der Waals surface area (Å²) in [6.45, 7) is 0. The second-order valence-corrected chi connectivity index (χ2v) is 6.37. The maximum atomic E-state index is 13.2. The molecule has 0 saturated carbocycles. The van der Waals surface area contributed by atoms with Gasteiger partial charge < -0.3 is 0 Å². The highest BCUT2D eigenvalue weighted by molar-refractivity contribution is 6.37. The minimum Gasteiger partial charge on any atom is -0.288 e. The molecular weight excluding hydrogens is 388 g/mol. The lowest BCUT2D eigenvalue weighted by Gasteiger charge is -2.11. The van der Waals surface area contributed by atoms with Crippen LogP contribution in [0, 0.1) is 5.82 Å².